The molecule has 32 heteroatoms. The molecule has 10 atom stereocenters. The molecule has 0 spiro atoms. The minimum Gasteiger partial charge on any atom is -0.448 e. The highest BCUT2D eigenvalue weighted by molar-refractivity contribution is 8.22. The minimum absolute atomic E-state index is 0.0645. The van der Waals surface area contributed by atoms with Crippen LogP contribution >= 0.6 is 12.1 Å². The van der Waals surface area contributed by atoms with Crippen molar-refractivity contribution < 1.29 is 76.6 Å². The van der Waals surface area contributed by atoms with Gasteiger partial charge in [-0.05, 0) is 173 Å². The van der Waals surface area contributed by atoms with Gasteiger partial charge in [-0.25, -0.2) is 19.4 Å². The molecule has 4 aliphatic carbocycles. The summed E-state index contributed by atoms with van der Waals surface area (Å²) in [7, 11) is 0. The molecular weight excluding hydrogens is 1680 g/mol. The summed E-state index contributed by atoms with van der Waals surface area (Å²) in [6.45, 7) is 17.5. The lowest BCUT2D eigenvalue weighted by molar-refractivity contribution is -0.143. The van der Waals surface area contributed by atoms with Crippen LogP contribution in [0, 0.1) is 5.92 Å². The van der Waals surface area contributed by atoms with Crippen LogP contribution in [0.3, 0.4) is 0 Å². The summed E-state index contributed by atoms with van der Waals surface area (Å²) < 4.78 is 12.7. The summed E-state index contributed by atoms with van der Waals surface area (Å²) in [4.78, 5) is 208. The highest BCUT2D eigenvalue weighted by Gasteiger charge is 2.50. The van der Waals surface area contributed by atoms with Crippen molar-refractivity contribution in [2.45, 2.75) is 249 Å². The number of rotatable bonds is 36. The van der Waals surface area contributed by atoms with Gasteiger partial charge in [-0.1, -0.05) is 240 Å². The molecular formula is C94H120N12O16P2S2. The van der Waals surface area contributed by atoms with Crippen molar-refractivity contribution in [3.05, 3.63) is 180 Å². The number of primary amides is 1. The second-order valence-electron chi connectivity index (χ2n) is 34.8. The predicted molar refractivity (Wildman–Crippen MR) is 492 cm³/mol. The third-order valence-electron chi connectivity index (χ3n) is 24.7. The molecule has 28 nitrogen and oxygen atoms in total. The van der Waals surface area contributed by atoms with E-state index in [0.717, 1.165) is 114 Å². The van der Waals surface area contributed by atoms with Gasteiger partial charge in [-0.15, -0.1) is 0 Å². The van der Waals surface area contributed by atoms with Gasteiger partial charge in [0, 0.05) is 37.1 Å². The molecule has 0 aliphatic heterocycles. The summed E-state index contributed by atoms with van der Waals surface area (Å²) in [5, 5.41) is 25.0. The predicted octanol–water partition coefficient (Wildman–Crippen LogP) is 9.41. The van der Waals surface area contributed by atoms with Crippen LogP contribution in [0.2, 0.25) is 0 Å². The summed E-state index contributed by atoms with van der Waals surface area (Å²) in [5.74, 6) is -12.9. The van der Waals surface area contributed by atoms with E-state index in [2.05, 4.69) is 47.9 Å². The van der Waals surface area contributed by atoms with Gasteiger partial charge in [0.15, 0.2) is 0 Å². The van der Waals surface area contributed by atoms with Crippen molar-refractivity contribution >= 4 is 129 Å². The molecule has 0 radical (unpaired) electrons. The molecule has 0 saturated heterocycles. The first-order valence-corrected chi connectivity index (χ1v) is 49.5. The van der Waals surface area contributed by atoms with Gasteiger partial charge in [0.1, 0.15) is 78.7 Å². The molecule has 11 N–H and O–H groups in total. The van der Waals surface area contributed by atoms with Crippen LogP contribution in [0.25, 0.3) is 22.3 Å². The summed E-state index contributed by atoms with van der Waals surface area (Å²) in [6, 6.07) is 27.8. The van der Waals surface area contributed by atoms with Gasteiger partial charge in [0.05, 0.1) is 0 Å². The fourth-order valence-corrected chi connectivity index (χ4v) is 27.4. The van der Waals surface area contributed by atoms with Crippen molar-refractivity contribution in [3.63, 3.8) is 0 Å². The number of imide groups is 2. The van der Waals surface area contributed by atoms with Crippen LogP contribution in [0.1, 0.15) is 195 Å². The van der Waals surface area contributed by atoms with Crippen molar-refractivity contribution in [2.75, 3.05) is 25.5 Å². The van der Waals surface area contributed by atoms with E-state index in [1.807, 2.05) is 97.1 Å². The van der Waals surface area contributed by atoms with Crippen LogP contribution in [0.4, 0.5) is 9.59 Å². The molecule has 0 bridgehead atoms. The molecule has 14 amide bonds. The molecule has 0 heterocycles. The number of amides is 14. The average Bonchev–Trinajstić information content (AvgIpc) is 1.51. The molecule has 674 valence electrons. The first-order chi connectivity index (χ1) is 59.7. The summed E-state index contributed by atoms with van der Waals surface area (Å²) in [5.41, 5.74) is 8.74. The van der Waals surface area contributed by atoms with Crippen LogP contribution < -0.4 is 64.2 Å². The second-order valence-corrected chi connectivity index (χ2v) is 45.1. The maximum Gasteiger partial charge on any atom is 0.417 e. The Labute approximate surface area is 747 Å². The van der Waals surface area contributed by atoms with Crippen LogP contribution in [-0.2, 0) is 90.6 Å². The zero-order valence-electron chi connectivity index (χ0n) is 73.9. The number of hydrogen-bond donors (Lipinski definition) is 10. The first kappa shape index (κ1) is 97.4. The van der Waals surface area contributed by atoms with Gasteiger partial charge in [-0.3, -0.25) is 57.5 Å². The third-order valence-corrected chi connectivity index (χ3v) is 36.2. The van der Waals surface area contributed by atoms with Gasteiger partial charge < -0.3 is 63.1 Å². The zero-order chi connectivity index (χ0) is 91.9. The normalized spacial score (nSPS) is 16.5. The van der Waals surface area contributed by atoms with Crippen LogP contribution in [0.15, 0.2) is 158 Å². The van der Waals surface area contributed by atoms with E-state index < -0.39 is 185 Å². The smallest absolute Gasteiger partial charge is 0.417 e. The van der Waals surface area contributed by atoms with E-state index in [0.29, 0.717) is 15.5 Å². The molecule has 2 fully saturated rings. The molecule has 6 aromatic carbocycles. The van der Waals surface area contributed by atoms with E-state index in [9.17, 15) is 28.8 Å². The number of carbonyl (C=O) groups excluding carboxylic acids is 14. The standard InChI is InChI=1S/C94H120N12O16P2S2/c1-14-55(2)79(88(116)106(92(120)122-52-76-73-49-33-29-45-69(73)70-46-30-34-50-74(70)76)78(54-124(126,65-39-23-17-24-40-65)66-41-25-18-26-42-66)86(114)99-60(7)84(112)104-93(10,11)89(117)100-56(3)80(95)108)102-82(110)58(5)97-81(109)57(4)98-85(113)77(53-123(125,63-35-19-15-20-36-63)64-37-21-16-22-38-64)105(87(115)61(8)101-90(118)94(12,13)103-83(111)59(6)96-62(9)107)91(119)121-51-75-71-47-31-27-43-67(71)68-44-28-32-48-72(68)75/h17-18,23-34,39-50,55-61,63-64,75-79H,14-16,19-22,35-38,51-54H2,1-13H3,(H2,95,108)(H,96,107)(H,97,109)(H,98,113)(H,99,114)(H,100,117)(H,101,118)(H,102,110)(H,103,111)(H,104,112)/t55-,56-,57-,58-,59-,60-,61-,77-,78-,79-/m0/s1. The van der Waals surface area contributed by atoms with Crippen molar-refractivity contribution in [1.29, 1.82) is 0 Å². The Morgan fingerprint density at radius 3 is 1.13 bits per heavy atom. The second kappa shape index (κ2) is 42.7. The quantitative estimate of drug-likeness (QED) is 0.0164. The van der Waals surface area contributed by atoms with Gasteiger partial charge in [-0.2, -0.15) is 0 Å². The Morgan fingerprint density at radius 1 is 0.413 bits per heavy atom. The molecule has 10 rings (SSSR count). The number of nitrogens with one attached hydrogen (secondary N) is 9. The lowest BCUT2D eigenvalue weighted by Gasteiger charge is -2.44. The molecule has 126 heavy (non-hydrogen) atoms. The number of ether oxygens (including phenoxy) is 2. The Morgan fingerprint density at radius 2 is 0.746 bits per heavy atom. The van der Waals surface area contributed by atoms with Crippen LogP contribution in [0.5, 0.6) is 0 Å². The van der Waals surface area contributed by atoms with Crippen molar-refractivity contribution in [2.24, 2.45) is 11.7 Å². The number of benzene rings is 6. The largest absolute Gasteiger partial charge is 0.448 e. The summed E-state index contributed by atoms with van der Waals surface area (Å²) in [6.07, 6.45) is 5.23. The summed E-state index contributed by atoms with van der Waals surface area (Å²) >= 11 is 13.9. The van der Waals surface area contributed by atoms with E-state index in [4.69, 9.17) is 38.8 Å². The number of nitrogens with zero attached hydrogens (tertiary/aromatic N) is 2. The Hall–Kier alpha value is -10.8. The topological polar surface area (TPSA) is 398 Å². The SMILES string of the molecule is CC[C@H](C)[C@H](NC(=O)[C@H](C)NC(=O)[C@H](C)NC(=O)[C@H](CP(=S)(C1CCCCC1)C1CCCCC1)N(C(=O)OCC1c2ccccc2-c2ccccc21)C(=O)[C@H](C)NC(=O)C(C)(C)NC(=O)[C@H](C)NC(C)=O)C(=O)N(C(=O)OCC1c2ccccc2-c2ccccc21)[C@@H](CP(=S)(c1ccccc1)c1ccccc1)C(=O)N[C@@H](C)C(=O)NC(C)(C)C(=O)N[C@@H](C)C(N)=O. The van der Waals surface area contributed by atoms with E-state index in [-0.39, 0.29) is 37.1 Å². The number of nitrogens with two attached hydrogens (primary N) is 1. The Bertz CT molecular complexity index is 5000. The fraction of sp³-hybridized carbons (Fsp3) is 0.468. The number of hydrogen-bond acceptors (Lipinski definition) is 18. The molecule has 4 aliphatic rings. The van der Waals surface area contributed by atoms with Gasteiger partial charge >= 0.3 is 12.2 Å². The lowest BCUT2D eigenvalue weighted by atomic mass is 9.96. The Kier molecular flexibility index (Phi) is 33.0. The van der Waals surface area contributed by atoms with E-state index in [1.54, 1.807) is 74.5 Å². The number of fused-ring (bicyclic) bond motifs is 6. The lowest BCUT2D eigenvalue weighted by Crippen LogP contribution is -2.64. The molecule has 0 aromatic heterocycles. The molecule has 6 aromatic rings. The van der Waals surface area contributed by atoms with E-state index >= 15 is 38.4 Å². The van der Waals surface area contributed by atoms with Crippen molar-refractivity contribution in [1.82, 2.24) is 57.7 Å². The minimum atomic E-state index is -3.44. The zero-order valence-corrected chi connectivity index (χ0v) is 77.3. The highest BCUT2D eigenvalue weighted by atomic mass is 32.4. The highest BCUT2D eigenvalue weighted by Crippen LogP contribution is 2.64. The third kappa shape index (κ3) is 22.9. The van der Waals surface area contributed by atoms with Crippen LogP contribution in [-0.4, -0.2) is 195 Å². The van der Waals surface area contributed by atoms with Gasteiger partial charge in [0.2, 0.25) is 59.1 Å². The molecule has 0 unspecified atom stereocenters. The number of carbonyl (C=O) groups is 14. The van der Waals surface area contributed by atoms with E-state index in [1.165, 1.54) is 76.2 Å². The maximum absolute atomic E-state index is 16.6. The maximum atomic E-state index is 16.6. The first-order valence-electron chi connectivity index (χ1n) is 43.4. The average molecular weight is 1800 g/mol. The molecule has 2 saturated carbocycles. The fourth-order valence-electron chi connectivity index (χ4n) is 17.2. The monoisotopic (exact) mass is 1800 g/mol. The van der Waals surface area contributed by atoms with Crippen molar-refractivity contribution in [3.8, 4) is 22.3 Å². The van der Waals surface area contributed by atoms with Gasteiger partial charge in [0.25, 0.3) is 11.8 Å². The Balaban J connectivity index is 0.995.